The van der Waals surface area contributed by atoms with Gasteiger partial charge in [-0.2, -0.15) is 0 Å². The van der Waals surface area contributed by atoms with Crippen LogP contribution in [0, 0.1) is 17.8 Å². The molecule has 0 aromatic carbocycles. The minimum atomic E-state index is 0.824. The normalized spacial score (nSPS) is 36.2. The van der Waals surface area contributed by atoms with Gasteiger partial charge in [-0.3, -0.25) is 0 Å². The van der Waals surface area contributed by atoms with E-state index in [1.165, 1.54) is 51.7 Å². The predicted molar refractivity (Wildman–Crippen MR) is 78.8 cm³/mol. The van der Waals surface area contributed by atoms with Gasteiger partial charge in [0.25, 0.3) is 0 Å². The average Bonchev–Trinajstić information content (AvgIpc) is 2.28. The van der Waals surface area contributed by atoms with Crippen molar-refractivity contribution in [2.24, 2.45) is 17.8 Å². The first-order chi connectivity index (χ1) is 8.54. The van der Waals surface area contributed by atoms with Gasteiger partial charge in [0.05, 0.1) is 0 Å². The molecule has 2 fully saturated rings. The van der Waals surface area contributed by atoms with Crippen LogP contribution in [0.25, 0.3) is 0 Å². The van der Waals surface area contributed by atoms with E-state index in [1.54, 1.807) is 0 Å². The molecular weight excluding hydrogens is 220 g/mol. The molecule has 0 radical (unpaired) electrons. The molecule has 2 heteroatoms. The molecule has 1 heterocycles. The molecule has 0 bridgehead atoms. The Kier molecular flexibility index (Phi) is 5.08. The van der Waals surface area contributed by atoms with E-state index in [1.807, 2.05) is 0 Å². The van der Waals surface area contributed by atoms with Crippen molar-refractivity contribution in [2.75, 3.05) is 33.7 Å². The molecule has 0 aromatic heterocycles. The van der Waals surface area contributed by atoms with Crippen LogP contribution < -0.4 is 0 Å². The lowest BCUT2D eigenvalue weighted by Gasteiger charge is -2.39. The zero-order chi connectivity index (χ0) is 13.1. The van der Waals surface area contributed by atoms with Crippen LogP contribution in [0.2, 0.25) is 0 Å². The Morgan fingerprint density at radius 2 is 1.50 bits per heavy atom. The van der Waals surface area contributed by atoms with Crippen LogP contribution in [0.15, 0.2) is 0 Å². The van der Waals surface area contributed by atoms with Crippen molar-refractivity contribution in [3.63, 3.8) is 0 Å². The minimum Gasteiger partial charge on any atom is -0.306 e. The van der Waals surface area contributed by atoms with E-state index in [0.29, 0.717) is 0 Å². The summed E-state index contributed by atoms with van der Waals surface area (Å²) in [6.07, 6.45) is 7.13. The smallest absolute Gasteiger partial charge is 0.0113 e. The van der Waals surface area contributed by atoms with E-state index >= 15 is 0 Å². The van der Waals surface area contributed by atoms with Gasteiger partial charge in [-0.1, -0.05) is 13.8 Å². The van der Waals surface area contributed by atoms with Gasteiger partial charge in [-0.25, -0.2) is 0 Å². The fourth-order valence-corrected chi connectivity index (χ4v) is 4.25. The highest BCUT2D eigenvalue weighted by Gasteiger charge is 2.27. The molecule has 0 amide bonds. The second-order valence-electron chi connectivity index (χ2n) is 7.28. The molecule has 18 heavy (non-hydrogen) atoms. The molecule has 1 saturated heterocycles. The van der Waals surface area contributed by atoms with E-state index in [2.05, 4.69) is 37.7 Å². The van der Waals surface area contributed by atoms with E-state index in [-0.39, 0.29) is 0 Å². The maximum Gasteiger partial charge on any atom is 0.0113 e. The Morgan fingerprint density at radius 1 is 0.944 bits per heavy atom. The van der Waals surface area contributed by atoms with E-state index in [9.17, 15) is 0 Å². The summed E-state index contributed by atoms with van der Waals surface area (Å²) >= 11 is 0. The van der Waals surface area contributed by atoms with Crippen molar-refractivity contribution in [2.45, 2.75) is 52.0 Å². The molecule has 1 saturated carbocycles. The van der Waals surface area contributed by atoms with Gasteiger partial charge in [0, 0.05) is 12.6 Å². The summed E-state index contributed by atoms with van der Waals surface area (Å²) in [5, 5.41) is 0. The van der Waals surface area contributed by atoms with Gasteiger partial charge in [-0.15, -0.1) is 0 Å². The van der Waals surface area contributed by atoms with Gasteiger partial charge in [0.2, 0.25) is 0 Å². The Labute approximate surface area is 114 Å². The summed E-state index contributed by atoms with van der Waals surface area (Å²) in [4.78, 5) is 5.14. The number of piperidine rings is 1. The molecule has 2 nitrogen and oxygen atoms in total. The largest absolute Gasteiger partial charge is 0.306 e. The maximum atomic E-state index is 2.73. The molecule has 1 aliphatic heterocycles. The molecule has 106 valence electrons. The molecule has 2 aliphatic rings. The van der Waals surface area contributed by atoms with Crippen molar-refractivity contribution in [3.8, 4) is 0 Å². The van der Waals surface area contributed by atoms with Crippen LogP contribution in [0.5, 0.6) is 0 Å². The molecule has 1 aliphatic carbocycles. The number of hydrogen-bond donors (Lipinski definition) is 0. The lowest BCUT2D eigenvalue weighted by Crippen LogP contribution is -2.44. The molecule has 2 atom stereocenters. The summed E-state index contributed by atoms with van der Waals surface area (Å²) in [7, 11) is 4.45. The first-order valence-corrected chi connectivity index (χ1v) is 7.93. The van der Waals surface area contributed by atoms with Crippen LogP contribution in [0.1, 0.15) is 46.0 Å². The highest BCUT2D eigenvalue weighted by Crippen LogP contribution is 2.33. The summed E-state index contributed by atoms with van der Waals surface area (Å²) in [5.41, 5.74) is 0. The zero-order valence-corrected chi connectivity index (χ0v) is 12.9. The Balaban J connectivity index is 1.74. The van der Waals surface area contributed by atoms with E-state index < -0.39 is 0 Å². The van der Waals surface area contributed by atoms with Crippen molar-refractivity contribution >= 4 is 0 Å². The minimum absolute atomic E-state index is 0.824. The molecule has 2 unspecified atom stereocenters. The molecule has 0 N–H and O–H groups in total. The quantitative estimate of drug-likeness (QED) is 0.761. The third-order valence-corrected chi connectivity index (χ3v) is 5.08. The summed E-state index contributed by atoms with van der Waals surface area (Å²) in [6, 6.07) is 0.824. The molecule has 0 aromatic rings. The highest BCUT2D eigenvalue weighted by atomic mass is 15.2. The first kappa shape index (κ1) is 14.3. The third kappa shape index (κ3) is 3.96. The Hall–Kier alpha value is -0.0800. The standard InChI is InChI=1S/C16H32N2/c1-13-9-14(2)11-15(10-13)12-18-7-5-16(6-8-18)17(3)4/h13-16H,5-12H2,1-4H3. The van der Waals surface area contributed by atoms with E-state index in [0.717, 1.165) is 23.8 Å². The monoisotopic (exact) mass is 252 g/mol. The van der Waals surface area contributed by atoms with Crippen molar-refractivity contribution in [1.82, 2.24) is 9.80 Å². The number of hydrogen-bond acceptors (Lipinski definition) is 2. The van der Waals surface area contributed by atoms with Gasteiger partial charge < -0.3 is 9.80 Å². The summed E-state index contributed by atoms with van der Waals surface area (Å²) < 4.78 is 0. The predicted octanol–water partition coefficient (Wildman–Crippen LogP) is 3.08. The average molecular weight is 252 g/mol. The van der Waals surface area contributed by atoms with Gasteiger partial charge in [-0.05, 0) is 77.0 Å². The third-order valence-electron chi connectivity index (χ3n) is 5.08. The second kappa shape index (κ2) is 6.38. The first-order valence-electron chi connectivity index (χ1n) is 7.93. The highest BCUT2D eigenvalue weighted by molar-refractivity contribution is 4.81. The SMILES string of the molecule is CC1CC(C)CC(CN2CCC(N(C)C)CC2)C1. The summed E-state index contributed by atoms with van der Waals surface area (Å²) in [6.45, 7) is 8.90. The number of likely N-dealkylation sites (tertiary alicyclic amines) is 1. The van der Waals surface area contributed by atoms with Gasteiger partial charge in [0.1, 0.15) is 0 Å². The molecular formula is C16H32N2. The lowest BCUT2D eigenvalue weighted by molar-refractivity contribution is 0.104. The van der Waals surface area contributed by atoms with Gasteiger partial charge in [0.15, 0.2) is 0 Å². The topological polar surface area (TPSA) is 6.48 Å². The van der Waals surface area contributed by atoms with E-state index in [4.69, 9.17) is 0 Å². The van der Waals surface area contributed by atoms with Crippen molar-refractivity contribution in [1.29, 1.82) is 0 Å². The fourth-order valence-electron chi connectivity index (χ4n) is 4.25. The maximum absolute atomic E-state index is 2.73. The van der Waals surface area contributed by atoms with Crippen LogP contribution in [0.3, 0.4) is 0 Å². The summed E-state index contributed by atoms with van der Waals surface area (Å²) in [5.74, 6) is 2.88. The van der Waals surface area contributed by atoms with Crippen molar-refractivity contribution in [3.05, 3.63) is 0 Å². The Bertz CT molecular complexity index is 233. The molecule has 2 rings (SSSR count). The number of nitrogens with zero attached hydrogens (tertiary/aromatic N) is 2. The lowest BCUT2D eigenvalue weighted by atomic mass is 9.76. The van der Waals surface area contributed by atoms with Crippen molar-refractivity contribution < 1.29 is 0 Å². The van der Waals surface area contributed by atoms with Crippen LogP contribution >= 0.6 is 0 Å². The van der Waals surface area contributed by atoms with Gasteiger partial charge >= 0.3 is 0 Å². The number of rotatable bonds is 3. The molecule has 0 spiro atoms. The van der Waals surface area contributed by atoms with Crippen LogP contribution in [-0.4, -0.2) is 49.6 Å². The van der Waals surface area contributed by atoms with Crippen LogP contribution in [0.4, 0.5) is 0 Å². The fraction of sp³-hybridized carbons (Fsp3) is 1.00. The van der Waals surface area contributed by atoms with Crippen LogP contribution in [-0.2, 0) is 0 Å². The Morgan fingerprint density at radius 3 is 2.00 bits per heavy atom. The second-order valence-corrected chi connectivity index (χ2v) is 7.28. The zero-order valence-electron chi connectivity index (χ0n) is 12.9.